The highest BCUT2D eigenvalue weighted by Crippen LogP contribution is 2.20. The number of furan rings is 1. The Morgan fingerprint density at radius 2 is 2.05 bits per heavy atom. The van der Waals surface area contributed by atoms with Gasteiger partial charge in [0.05, 0.1) is 12.0 Å². The molecule has 1 fully saturated rings. The second-order valence-corrected chi connectivity index (χ2v) is 5.02. The molecule has 1 aromatic heterocycles. The van der Waals surface area contributed by atoms with Crippen LogP contribution in [0.4, 0.5) is 0 Å². The molecule has 0 saturated carbocycles. The molecule has 1 aliphatic rings. The van der Waals surface area contributed by atoms with Gasteiger partial charge in [-0.15, -0.1) is 5.10 Å². The average Bonchev–Trinajstić information content (AvgIpc) is 3.09. The van der Waals surface area contributed by atoms with Gasteiger partial charge in [0, 0.05) is 5.56 Å². The van der Waals surface area contributed by atoms with Gasteiger partial charge < -0.3 is 9.73 Å². The van der Waals surface area contributed by atoms with Crippen LogP contribution in [0.5, 0.6) is 0 Å². The third-order valence-electron chi connectivity index (χ3n) is 2.60. The number of benzene rings is 1. The van der Waals surface area contributed by atoms with Crippen molar-refractivity contribution in [3.8, 4) is 11.3 Å². The Kier molecular flexibility index (Phi) is 3.64. The van der Waals surface area contributed by atoms with Crippen molar-refractivity contribution in [3.05, 3.63) is 48.2 Å². The molecule has 0 radical (unpaired) electrons. The van der Waals surface area contributed by atoms with E-state index >= 15 is 0 Å². The van der Waals surface area contributed by atoms with Crippen LogP contribution in [-0.2, 0) is 4.79 Å². The molecular weight excluding hydrogens is 274 g/mol. The van der Waals surface area contributed by atoms with Crippen molar-refractivity contribution < 1.29 is 9.21 Å². The van der Waals surface area contributed by atoms with Crippen LogP contribution in [-0.4, -0.2) is 23.0 Å². The van der Waals surface area contributed by atoms with Crippen molar-refractivity contribution in [2.75, 3.05) is 5.75 Å². The third kappa shape index (κ3) is 2.97. The Bertz CT molecular complexity index is 677. The first-order valence-corrected chi connectivity index (χ1v) is 6.99. The number of hydrogen-bond acceptors (Lipinski definition) is 5. The molecule has 20 heavy (non-hydrogen) atoms. The number of carbonyl (C=O) groups is 1. The lowest BCUT2D eigenvalue weighted by Crippen LogP contribution is -2.19. The van der Waals surface area contributed by atoms with Crippen molar-refractivity contribution in [3.63, 3.8) is 0 Å². The minimum Gasteiger partial charge on any atom is -0.455 e. The number of nitrogens with zero attached hydrogens (tertiary/aromatic N) is 2. The largest absolute Gasteiger partial charge is 0.455 e. The van der Waals surface area contributed by atoms with Crippen LogP contribution in [0.3, 0.4) is 0 Å². The monoisotopic (exact) mass is 285 g/mol. The van der Waals surface area contributed by atoms with Crippen molar-refractivity contribution in [1.82, 2.24) is 5.32 Å². The maximum Gasteiger partial charge on any atom is 0.236 e. The van der Waals surface area contributed by atoms with E-state index in [2.05, 4.69) is 15.5 Å². The molecule has 1 amide bonds. The van der Waals surface area contributed by atoms with E-state index in [9.17, 15) is 4.79 Å². The summed E-state index contributed by atoms with van der Waals surface area (Å²) >= 11 is 1.33. The third-order valence-corrected chi connectivity index (χ3v) is 3.47. The molecule has 2 aromatic rings. The molecule has 1 aromatic carbocycles. The van der Waals surface area contributed by atoms with Crippen molar-refractivity contribution in [2.24, 2.45) is 10.2 Å². The van der Waals surface area contributed by atoms with E-state index in [0.717, 1.165) is 11.3 Å². The average molecular weight is 285 g/mol. The Balaban J connectivity index is 1.70. The minimum atomic E-state index is -0.0479. The summed E-state index contributed by atoms with van der Waals surface area (Å²) in [5.41, 5.74) is 1.01. The number of nitrogens with one attached hydrogen (secondary N) is 1. The highest BCUT2D eigenvalue weighted by Gasteiger charge is 2.15. The predicted octanol–water partition coefficient (Wildman–Crippen LogP) is 2.50. The second kappa shape index (κ2) is 5.75. The first-order valence-electron chi connectivity index (χ1n) is 6.00. The van der Waals surface area contributed by atoms with Gasteiger partial charge in [-0.25, -0.2) is 0 Å². The maximum atomic E-state index is 11.0. The smallest absolute Gasteiger partial charge is 0.236 e. The lowest BCUT2D eigenvalue weighted by atomic mass is 10.2. The number of thioether (sulfide) groups is 1. The van der Waals surface area contributed by atoms with Crippen LogP contribution in [0, 0.1) is 0 Å². The van der Waals surface area contributed by atoms with Crippen LogP contribution in [0.25, 0.3) is 11.3 Å². The summed E-state index contributed by atoms with van der Waals surface area (Å²) in [5, 5.41) is 10.9. The zero-order valence-corrected chi connectivity index (χ0v) is 11.3. The van der Waals surface area contributed by atoms with Gasteiger partial charge in [-0.3, -0.25) is 4.79 Å². The van der Waals surface area contributed by atoms with Gasteiger partial charge in [0.15, 0.2) is 5.17 Å². The summed E-state index contributed by atoms with van der Waals surface area (Å²) in [6.45, 7) is 0. The molecule has 2 heterocycles. The SMILES string of the molecule is O=C1CS/C(=N\N=C/c2ccc(-c3ccccc3)o2)N1. The number of amides is 1. The minimum absolute atomic E-state index is 0.0479. The first-order chi connectivity index (χ1) is 9.81. The van der Waals surface area contributed by atoms with Crippen molar-refractivity contribution in [2.45, 2.75) is 0 Å². The zero-order chi connectivity index (χ0) is 13.8. The first kappa shape index (κ1) is 12.7. The molecule has 1 N–H and O–H groups in total. The van der Waals surface area contributed by atoms with Crippen LogP contribution in [0.1, 0.15) is 5.76 Å². The number of amidine groups is 1. The van der Waals surface area contributed by atoms with E-state index in [0.29, 0.717) is 16.7 Å². The molecule has 1 saturated heterocycles. The van der Waals surface area contributed by atoms with E-state index in [-0.39, 0.29) is 5.91 Å². The molecule has 0 spiro atoms. The quantitative estimate of drug-likeness (QED) is 0.696. The Labute approximate surface area is 119 Å². The molecule has 6 heteroatoms. The summed E-state index contributed by atoms with van der Waals surface area (Å²) in [6.07, 6.45) is 1.52. The summed E-state index contributed by atoms with van der Waals surface area (Å²) in [6, 6.07) is 13.5. The lowest BCUT2D eigenvalue weighted by Gasteiger charge is -1.94. The normalized spacial score (nSPS) is 17.0. The fraction of sp³-hybridized carbons (Fsp3) is 0.0714. The molecule has 0 atom stereocenters. The fourth-order valence-corrected chi connectivity index (χ4v) is 2.33. The predicted molar refractivity (Wildman–Crippen MR) is 79.8 cm³/mol. The van der Waals surface area contributed by atoms with E-state index in [1.807, 2.05) is 42.5 Å². The van der Waals surface area contributed by atoms with Crippen LogP contribution < -0.4 is 5.32 Å². The van der Waals surface area contributed by atoms with Gasteiger partial charge in [0.2, 0.25) is 5.91 Å². The van der Waals surface area contributed by atoms with Crippen molar-refractivity contribution in [1.29, 1.82) is 0 Å². The molecule has 3 rings (SSSR count). The Hall–Kier alpha value is -2.34. The molecule has 100 valence electrons. The summed E-state index contributed by atoms with van der Waals surface area (Å²) < 4.78 is 5.64. The standard InChI is InChI=1S/C14H11N3O2S/c18-13-9-20-14(16-13)17-15-8-11-6-7-12(19-11)10-4-2-1-3-5-10/h1-8H,9H2,(H,16,17,18)/b15-8-. The highest BCUT2D eigenvalue weighted by atomic mass is 32.2. The lowest BCUT2D eigenvalue weighted by molar-refractivity contribution is -0.116. The van der Waals surface area contributed by atoms with Gasteiger partial charge in [0.1, 0.15) is 11.5 Å². The molecule has 0 aliphatic carbocycles. The number of carbonyl (C=O) groups excluding carboxylic acids is 1. The van der Waals surface area contributed by atoms with Gasteiger partial charge in [-0.05, 0) is 12.1 Å². The summed E-state index contributed by atoms with van der Waals surface area (Å²) in [4.78, 5) is 11.0. The molecule has 0 bridgehead atoms. The molecule has 5 nitrogen and oxygen atoms in total. The van der Waals surface area contributed by atoms with E-state index in [1.54, 1.807) is 0 Å². The van der Waals surface area contributed by atoms with Gasteiger partial charge >= 0.3 is 0 Å². The van der Waals surface area contributed by atoms with E-state index < -0.39 is 0 Å². The Morgan fingerprint density at radius 3 is 2.80 bits per heavy atom. The fourth-order valence-electron chi connectivity index (χ4n) is 1.70. The maximum absolute atomic E-state index is 11.0. The van der Waals surface area contributed by atoms with Crippen molar-refractivity contribution >= 4 is 29.1 Å². The highest BCUT2D eigenvalue weighted by molar-refractivity contribution is 8.15. The van der Waals surface area contributed by atoms with Crippen LogP contribution >= 0.6 is 11.8 Å². The number of rotatable bonds is 3. The van der Waals surface area contributed by atoms with E-state index in [4.69, 9.17) is 4.42 Å². The molecule has 1 aliphatic heterocycles. The molecule has 0 unspecified atom stereocenters. The van der Waals surface area contributed by atoms with Crippen LogP contribution in [0.2, 0.25) is 0 Å². The zero-order valence-electron chi connectivity index (χ0n) is 10.4. The molecular formula is C14H11N3O2S. The van der Waals surface area contributed by atoms with Gasteiger partial charge in [0.25, 0.3) is 0 Å². The van der Waals surface area contributed by atoms with Gasteiger partial charge in [-0.1, -0.05) is 42.1 Å². The van der Waals surface area contributed by atoms with Gasteiger partial charge in [-0.2, -0.15) is 5.10 Å². The topological polar surface area (TPSA) is 67.0 Å². The van der Waals surface area contributed by atoms with E-state index in [1.165, 1.54) is 18.0 Å². The summed E-state index contributed by atoms with van der Waals surface area (Å²) in [5.74, 6) is 1.74. The Morgan fingerprint density at radius 1 is 1.20 bits per heavy atom. The summed E-state index contributed by atoms with van der Waals surface area (Å²) in [7, 11) is 0. The number of hydrogen-bond donors (Lipinski definition) is 1. The second-order valence-electron chi connectivity index (χ2n) is 4.05. The van der Waals surface area contributed by atoms with Crippen LogP contribution in [0.15, 0.2) is 57.1 Å².